The third-order valence-electron chi connectivity index (χ3n) is 3.24. The lowest BCUT2D eigenvalue weighted by Gasteiger charge is -2.23. The van der Waals surface area contributed by atoms with E-state index >= 15 is 0 Å². The van der Waals surface area contributed by atoms with E-state index < -0.39 is 0 Å². The highest BCUT2D eigenvalue weighted by molar-refractivity contribution is 5.42. The molecule has 0 radical (unpaired) electrons. The van der Waals surface area contributed by atoms with Gasteiger partial charge in [0, 0.05) is 0 Å². The summed E-state index contributed by atoms with van der Waals surface area (Å²) in [6, 6.07) is 5.98. The Morgan fingerprint density at radius 2 is 2.35 bits per heavy atom. The zero-order valence-corrected chi connectivity index (χ0v) is 10.2. The maximum absolute atomic E-state index is 9.93. The molecular weight excluding hydrogens is 212 g/mol. The number of aliphatic hydroxyl groups is 1. The second kappa shape index (κ2) is 5.87. The largest absolute Gasteiger partial charge is 0.493 e. The third-order valence-corrected chi connectivity index (χ3v) is 3.24. The second-order valence-corrected chi connectivity index (χ2v) is 4.51. The molecule has 0 saturated heterocycles. The molecule has 1 aromatic carbocycles. The van der Waals surface area contributed by atoms with Crippen molar-refractivity contribution in [3.05, 3.63) is 42.0 Å². The van der Waals surface area contributed by atoms with Crippen molar-refractivity contribution in [2.24, 2.45) is 0 Å². The lowest BCUT2D eigenvalue weighted by Crippen LogP contribution is -2.11. The van der Waals surface area contributed by atoms with E-state index in [4.69, 9.17) is 4.74 Å². The fourth-order valence-corrected chi connectivity index (χ4v) is 2.34. The fourth-order valence-electron chi connectivity index (χ4n) is 2.34. The van der Waals surface area contributed by atoms with Crippen LogP contribution in [0.25, 0.3) is 0 Å². The summed E-state index contributed by atoms with van der Waals surface area (Å²) >= 11 is 0. The van der Waals surface area contributed by atoms with E-state index in [2.05, 4.69) is 6.58 Å². The van der Waals surface area contributed by atoms with Crippen molar-refractivity contribution in [1.82, 2.24) is 0 Å². The van der Waals surface area contributed by atoms with Crippen LogP contribution in [0.5, 0.6) is 5.75 Å². The van der Waals surface area contributed by atoms with Crippen LogP contribution in [0.3, 0.4) is 0 Å². The van der Waals surface area contributed by atoms with Gasteiger partial charge in [-0.25, -0.2) is 0 Å². The third kappa shape index (κ3) is 2.89. The molecule has 2 rings (SSSR count). The SMILES string of the molecule is C=CCCCOc1cccc2c1CCCC2O. The van der Waals surface area contributed by atoms with Crippen molar-refractivity contribution in [3.8, 4) is 5.75 Å². The van der Waals surface area contributed by atoms with Crippen molar-refractivity contribution < 1.29 is 9.84 Å². The topological polar surface area (TPSA) is 29.5 Å². The minimum atomic E-state index is -0.310. The number of hydrogen-bond acceptors (Lipinski definition) is 2. The first-order valence-corrected chi connectivity index (χ1v) is 6.36. The minimum absolute atomic E-state index is 0.310. The molecule has 2 heteroatoms. The molecule has 1 unspecified atom stereocenters. The van der Waals surface area contributed by atoms with Gasteiger partial charge in [-0.05, 0) is 49.3 Å². The highest BCUT2D eigenvalue weighted by atomic mass is 16.5. The van der Waals surface area contributed by atoms with Gasteiger partial charge in [0.2, 0.25) is 0 Å². The average molecular weight is 232 g/mol. The Morgan fingerprint density at radius 3 is 3.18 bits per heavy atom. The van der Waals surface area contributed by atoms with Crippen LogP contribution in [-0.4, -0.2) is 11.7 Å². The number of hydrogen-bond donors (Lipinski definition) is 1. The van der Waals surface area contributed by atoms with Gasteiger partial charge in [-0.3, -0.25) is 0 Å². The summed E-state index contributed by atoms with van der Waals surface area (Å²) in [5, 5.41) is 9.93. The maximum Gasteiger partial charge on any atom is 0.122 e. The molecule has 92 valence electrons. The summed E-state index contributed by atoms with van der Waals surface area (Å²) < 4.78 is 5.80. The molecule has 0 saturated carbocycles. The molecule has 0 fully saturated rings. The molecule has 0 aliphatic heterocycles. The first-order chi connectivity index (χ1) is 8.33. The maximum atomic E-state index is 9.93. The number of allylic oxidation sites excluding steroid dienone is 1. The highest BCUT2D eigenvalue weighted by Gasteiger charge is 2.20. The summed E-state index contributed by atoms with van der Waals surface area (Å²) in [5.41, 5.74) is 2.25. The molecule has 0 spiro atoms. The molecule has 1 aliphatic rings. The van der Waals surface area contributed by atoms with E-state index in [1.54, 1.807) is 0 Å². The number of benzene rings is 1. The normalized spacial score (nSPS) is 18.5. The first-order valence-electron chi connectivity index (χ1n) is 6.36. The van der Waals surface area contributed by atoms with Crippen molar-refractivity contribution in [3.63, 3.8) is 0 Å². The second-order valence-electron chi connectivity index (χ2n) is 4.51. The molecular formula is C15H20O2. The standard InChI is InChI=1S/C15H20O2/c1-2-3-4-11-17-15-10-6-7-12-13(15)8-5-9-14(12)16/h2,6-7,10,14,16H,1,3-5,8-9,11H2. The van der Waals surface area contributed by atoms with Crippen LogP contribution in [0.2, 0.25) is 0 Å². The minimum Gasteiger partial charge on any atom is -0.493 e. The zero-order valence-electron chi connectivity index (χ0n) is 10.2. The van der Waals surface area contributed by atoms with Crippen molar-refractivity contribution in [2.75, 3.05) is 6.61 Å². The van der Waals surface area contributed by atoms with Crippen molar-refractivity contribution in [2.45, 2.75) is 38.2 Å². The van der Waals surface area contributed by atoms with Crippen LogP contribution in [0.15, 0.2) is 30.9 Å². The van der Waals surface area contributed by atoms with Gasteiger partial charge in [0.25, 0.3) is 0 Å². The summed E-state index contributed by atoms with van der Waals surface area (Å²) in [6.07, 6.45) is 6.51. The lowest BCUT2D eigenvalue weighted by molar-refractivity contribution is 0.155. The molecule has 1 N–H and O–H groups in total. The predicted molar refractivity (Wildman–Crippen MR) is 69.3 cm³/mol. The van der Waals surface area contributed by atoms with Gasteiger partial charge in [-0.15, -0.1) is 6.58 Å². The molecule has 1 atom stereocenters. The first kappa shape index (κ1) is 12.2. The highest BCUT2D eigenvalue weighted by Crippen LogP contribution is 2.35. The zero-order chi connectivity index (χ0) is 12.1. The Balaban J connectivity index is 2.07. The van der Waals surface area contributed by atoms with E-state index in [0.29, 0.717) is 0 Å². The number of unbranched alkanes of at least 4 members (excludes halogenated alkanes) is 1. The van der Waals surface area contributed by atoms with E-state index in [1.807, 2.05) is 24.3 Å². The summed E-state index contributed by atoms with van der Waals surface area (Å²) in [7, 11) is 0. The Labute approximate surface area is 103 Å². The van der Waals surface area contributed by atoms with Crippen LogP contribution in [0.1, 0.15) is 42.9 Å². The number of ether oxygens (including phenoxy) is 1. The van der Waals surface area contributed by atoms with Crippen LogP contribution in [0, 0.1) is 0 Å². The van der Waals surface area contributed by atoms with E-state index in [1.165, 1.54) is 5.56 Å². The molecule has 0 bridgehead atoms. The number of fused-ring (bicyclic) bond motifs is 1. The molecule has 2 nitrogen and oxygen atoms in total. The number of aliphatic hydroxyl groups excluding tert-OH is 1. The Hall–Kier alpha value is -1.28. The summed E-state index contributed by atoms with van der Waals surface area (Å²) in [4.78, 5) is 0. The average Bonchev–Trinajstić information content (AvgIpc) is 2.36. The molecule has 0 amide bonds. The summed E-state index contributed by atoms with van der Waals surface area (Å²) in [6.45, 7) is 4.42. The van der Waals surface area contributed by atoms with Gasteiger partial charge in [-0.2, -0.15) is 0 Å². The molecule has 0 aromatic heterocycles. The Kier molecular flexibility index (Phi) is 4.21. The van der Waals surface area contributed by atoms with Crippen LogP contribution in [0.4, 0.5) is 0 Å². The van der Waals surface area contributed by atoms with Crippen LogP contribution >= 0.6 is 0 Å². The van der Waals surface area contributed by atoms with E-state index in [9.17, 15) is 5.11 Å². The monoisotopic (exact) mass is 232 g/mol. The Morgan fingerprint density at radius 1 is 1.47 bits per heavy atom. The van der Waals surface area contributed by atoms with Gasteiger partial charge < -0.3 is 9.84 Å². The van der Waals surface area contributed by atoms with Gasteiger partial charge in [0.05, 0.1) is 12.7 Å². The van der Waals surface area contributed by atoms with Gasteiger partial charge in [-0.1, -0.05) is 18.2 Å². The Bertz CT molecular complexity index is 385. The molecule has 1 aliphatic carbocycles. The van der Waals surface area contributed by atoms with Crippen molar-refractivity contribution >= 4 is 0 Å². The van der Waals surface area contributed by atoms with Crippen LogP contribution in [-0.2, 0) is 6.42 Å². The van der Waals surface area contributed by atoms with Crippen molar-refractivity contribution in [1.29, 1.82) is 0 Å². The molecule has 1 aromatic rings. The van der Waals surface area contributed by atoms with Gasteiger partial charge >= 0.3 is 0 Å². The van der Waals surface area contributed by atoms with E-state index in [-0.39, 0.29) is 6.10 Å². The molecule has 0 heterocycles. The predicted octanol–water partition coefficient (Wildman–Crippen LogP) is 3.40. The van der Waals surface area contributed by atoms with Gasteiger partial charge in [0.1, 0.15) is 5.75 Å². The summed E-state index contributed by atoms with van der Waals surface area (Å²) in [5.74, 6) is 0.949. The number of rotatable bonds is 5. The fraction of sp³-hybridized carbons (Fsp3) is 0.467. The van der Waals surface area contributed by atoms with Crippen LogP contribution < -0.4 is 4.74 Å². The van der Waals surface area contributed by atoms with Gasteiger partial charge in [0.15, 0.2) is 0 Å². The smallest absolute Gasteiger partial charge is 0.122 e. The lowest BCUT2D eigenvalue weighted by atomic mass is 9.89. The quantitative estimate of drug-likeness (QED) is 0.622. The van der Waals surface area contributed by atoms with E-state index in [0.717, 1.165) is 50.0 Å². The molecule has 17 heavy (non-hydrogen) atoms.